The molecule has 0 aliphatic heterocycles. The molecule has 1 fully saturated rings. The van der Waals surface area contributed by atoms with E-state index in [1.807, 2.05) is 31.2 Å². The lowest BCUT2D eigenvalue weighted by Crippen LogP contribution is -2.09. The second-order valence-corrected chi connectivity index (χ2v) is 5.04. The molecule has 0 bridgehead atoms. The number of nitrogens with two attached hydrogens (primary N) is 1. The van der Waals surface area contributed by atoms with Crippen molar-refractivity contribution in [2.24, 2.45) is 0 Å². The smallest absolute Gasteiger partial charge is 0.237 e. The number of benzene rings is 1. The van der Waals surface area contributed by atoms with Crippen LogP contribution in [0, 0.1) is 0 Å². The predicted octanol–water partition coefficient (Wildman–Crippen LogP) is 2.44. The van der Waals surface area contributed by atoms with Crippen LogP contribution in [0.25, 0.3) is 0 Å². The predicted molar refractivity (Wildman–Crippen MR) is 70.6 cm³/mol. The summed E-state index contributed by atoms with van der Waals surface area (Å²) in [7, 11) is 1.63. The van der Waals surface area contributed by atoms with E-state index in [9.17, 15) is 0 Å². The van der Waals surface area contributed by atoms with Crippen LogP contribution in [0.3, 0.4) is 0 Å². The molecule has 1 aromatic carbocycles. The van der Waals surface area contributed by atoms with Gasteiger partial charge in [0.05, 0.1) is 5.41 Å². The topological polar surface area (TPSA) is 74.2 Å². The highest BCUT2D eigenvalue weighted by Crippen LogP contribution is 2.52. The average molecular weight is 259 g/mol. The van der Waals surface area contributed by atoms with Crippen molar-refractivity contribution < 1.29 is 9.26 Å². The minimum absolute atomic E-state index is 0.119. The Bertz CT molecular complexity index is 573. The van der Waals surface area contributed by atoms with Gasteiger partial charge in [0.25, 0.3) is 0 Å². The number of anilines is 1. The highest BCUT2D eigenvalue weighted by molar-refractivity contribution is 5.45. The lowest BCUT2D eigenvalue weighted by atomic mass is 9.96. The first kappa shape index (κ1) is 12.2. The van der Waals surface area contributed by atoms with Gasteiger partial charge in [0.2, 0.25) is 5.89 Å². The number of nitrogens with zero attached hydrogens (tertiary/aromatic N) is 2. The molecule has 0 radical (unpaired) electrons. The molecule has 5 heteroatoms. The molecule has 0 amide bonds. The van der Waals surface area contributed by atoms with Crippen molar-refractivity contribution in [3.05, 3.63) is 41.5 Å². The monoisotopic (exact) mass is 259 g/mol. The molecule has 5 nitrogen and oxygen atoms in total. The molecule has 1 unspecified atom stereocenters. The van der Waals surface area contributed by atoms with Crippen LogP contribution in [0.1, 0.15) is 43.1 Å². The molecule has 1 aromatic heterocycles. The van der Waals surface area contributed by atoms with Crippen LogP contribution in [0.15, 0.2) is 28.8 Å². The molecular weight excluding hydrogens is 242 g/mol. The second-order valence-electron chi connectivity index (χ2n) is 5.04. The summed E-state index contributed by atoms with van der Waals surface area (Å²) in [6, 6.07) is 7.88. The Hall–Kier alpha value is -1.88. The Morgan fingerprint density at radius 3 is 2.58 bits per heavy atom. The summed E-state index contributed by atoms with van der Waals surface area (Å²) in [4.78, 5) is 4.48. The van der Waals surface area contributed by atoms with Crippen molar-refractivity contribution >= 4 is 5.69 Å². The van der Waals surface area contributed by atoms with Crippen LogP contribution in [0.4, 0.5) is 5.69 Å². The molecule has 1 atom stereocenters. The molecule has 1 saturated carbocycles. The van der Waals surface area contributed by atoms with E-state index in [0.29, 0.717) is 11.7 Å². The van der Waals surface area contributed by atoms with Gasteiger partial charge in [-0.2, -0.15) is 4.98 Å². The SMILES string of the molecule is COC(C)c1noc(C2(c3ccc(N)cc3)CC2)n1. The van der Waals surface area contributed by atoms with Gasteiger partial charge >= 0.3 is 0 Å². The van der Waals surface area contributed by atoms with Gasteiger partial charge in [-0.1, -0.05) is 17.3 Å². The third kappa shape index (κ3) is 2.00. The highest BCUT2D eigenvalue weighted by Gasteiger charge is 2.51. The van der Waals surface area contributed by atoms with E-state index in [1.165, 1.54) is 5.56 Å². The van der Waals surface area contributed by atoms with Crippen LogP contribution < -0.4 is 5.73 Å². The van der Waals surface area contributed by atoms with Crippen molar-refractivity contribution in [3.63, 3.8) is 0 Å². The van der Waals surface area contributed by atoms with Gasteiger partial charge in [-0.15, -0.1) is 0 Å². The third-order valence-corrected chi connectivity index (χ3v) is 3.78. The first-order valence-electron chi connectivity index (χ1n) is 6.38. The number of hydrogen-bond acceptors (Lipinski definition) is 5. The standard InChI is InChI=1S/C14H17N3O2/c1-9(18-2)12-16-13(19-17-12)14(7-8-14)10-3-5-11(15)6-4-10/h3-6,9H,7-8,15H2,1-2H3. The Labute approximate surface area is 111 Å². The largest absolute Gasteiger partial charge is 0.399 e. The van der Waals surface area contributed by atoms with E-state index >= 15 is 0 Å². The lowest BCUT2D eigenvalue weighted by molar-refractivity contribution is 0.109. The Balaban J connectivity index is 1.92. The van der Waals surface area contributed by atoms with Crippen molar-refractivity contribution in [2.75, 3.05) is 12.8 Å². The van der Waals surface area contributed by atoms with Crippen molar-refractivity contribution in [1.29, 1.82) is 0 Å². The highest BCUT2D eigenvalue weighted by atomic mass is 16.5. The molecule has 100 valence electrons. The van der Waals surface area contributed by atoms with E-state index in [0.717, 1.165) is 18.5 Å². The van der Waals surface area contributed by atoms with Gasteiger partial charge in [0, 0.05) is 12.8 Å². The van der Waals surface area contributed by atoms with Gasteiger partial charge in [0.1, 0.15) is 6.10 Å². The summed E-state index contributed by atoms with van der Waals surface area (Å²) in [6.07, 6.45) is 1.90. The average Bonchev–Trinajstić information content (AvgIpc) is 3.09. The molecule has 19 heavy (non-hydrogen) atoms. The number of methoxy groups -OCH3 is 1. The number of rotatable bonds is 4. The first-order valence-corrected chi connectivity index (χ1v) is 6.38. The van der Waals surface area contributed by atoms with E-state index in [-0.39, 0.29) is 11.5 Å². The number of ether oxygens (including phenoxy) is 1. The maximum absolute atomic E-state index is 5.72. The van der Waals surface area contributed by atoms with Crippen molar-refractivity contribution in [1.82, 2.24) is 10.1 Å². The molecule has 0 saturated heterocycles. The van der Waals surface area contributed by atoms with Gasteiger partial charge in [0.15, 0.2) is 5.82 Å². The molecule has 2 aromatic rings. The summed E-state index contributed by atoms with van der Waals surface area (Å²) < 4.78 is 10.6. The van der Waals surface area contributed by atoms with Crippen LogP contribution in [0.5, 0.6) is 0 Å². The number of aromatic nitrogens is 2. The van der Waals surface area contributed by atoms with E-state index in [1.54, 1.807) is 7.11 Å². The van der Waals surface area contributed by atoms with Crippen LogP contribution in [-0.4, -0.2) is 17.3 Å². The summed E-state index contributed by atoms with van der Waals surface area (Å²) >= 11 is 0. The maximum atomic E-state index is 5.72. The van der Waals surface area contributed by atoms with Crippen LogP contribution in [0.2, 0.25) is 0 Å². The normalized spacial score (nSPS) is 18.2. The zero-order valence-corrected chi connectivity index (χ0v) is 11.1. The van der Waals surface area contributed by atoms with E-state index < -0.39 is 0 Å². The summed E-state index contributed by atoms with van der Waals surface area (Å²) in [5.74, 6) is 1.27. The Morgan fingerprint density at radius 2 is 2.00 bits per heavy atom. The fraction of sp³-hybridized carbons (Fsp3) is 0.429. The number of nitrogen functional groups attached to an aromatic ring is 1. The minimum atomic E-state index is -0.153. The van der Waals surface area contributed by atoms with E-state index in [4.69, 9.17) is 15.0 Å². The lowest BCUT2D eigenvalue weighted by Gasteiger charge is -2.10. The second kappa shape index (κ2) is 4.35. The summed E-state index contributed by atoms with van der Waals surface area (Å²) in [5, 5.41) is 4.00. The minimum Gasteiger partial charge on any atom is -0.399 e. The zero-order chi connectivity index (χ0) is 13.5. The number of hydrogen-bond donors (Lipinski definition) is 1. The Kier molecular flexibility index (Phi) is 2.78. The van der Waals surface area contributed by atoms with Gasteiger partial charge in [-0.05, 0) is 37.5 Å². The third-order valence-electron chi connectivity index (χ3n) is 3.78. The summed E-state index contributed by atoms with van der Waals surface area (Å²) in [6.45, 7) is 1.90. The van der Waals surface area contributed by atoms with Crippen LogP contribution in [-0.2, 0) is 10.2 Å². The van der Waals surface area contributed by atoms with Gasteiger partial charge in [-0.3, -0.25) is 0 Å². The molecule has 0 spiro atoms. The maximum Gasteiger partial charge on any atom is 0.237 e. The zero-order valence-electron chi connectivity index (χ0n) is 11.1. The molecule has 1 aliphatic carbocycles. The molecular formula is C14H17N3O2. The summed E-state index contributed by atoms with van der Waals surface area (Å²) in [5.41, 5.74) is 7.55. The van der Waals surface area contributed by atoms with Gasteiger partial charge in [-0.25, -0.2) is 0 Å². The van der Waals surface area contributed by atoms with Crippen molar-refractivity contribution in [3.8, 4) is 0 Å². The van der Waals surface area contributed by atoms with E-state index in [2.05, 4.69) is 10.1 Å². The molecule has 3 rings (SSSR count). The van der Waals surface area contributed by atoms with Crippen LogP contribution >= 0.6 is 0 Å². The quantitative estimate of drug-likeness (QED) is 0.853. The van der Waals surface area contributed by atoms with Gasteiger partial charge < -0.3 is 15.0 Å². The van der Waals surface area contributed by atoms with Crippen molar-refractivity contribution in [2.45, 2.75) is 31.3 Å². The Morgan fingerprint density at radius 1 is 1.32 bits per heavy atom. The molecule has 1 heterocycles. The first-order chi connectivity index (χ1) is 9.15. The fourth-order valence-corrected chi connectivity index (χ4v) is 2.25. The fourth-order valence-electron chi connectivity index (χ4n) is 2.25. The molecule has 1 aliphatic rings. The molecule has 2 N–H and O–H groups in total.